The van der Waals surface area contributed by atoms with Crippen LogP contribution in [0.25, 0.3) is 0 Å². The summed E-state index contributed by atoms with van der Waals surface area (Å²) in [4.78, 5) is 0. The van der Waals surface area contributed by atoms with Crippen molar-refractivity contribution in [1.29, 1.82) is 0 Å². The van der Waals surface area contributed by atoms with Crippen LogP contribution in [0.5, 0.6) is 0 Å². The SMILES string of the molecule is OCNC12CCC(CC1)C2. The summed E-state index contributed by atoms with van der Waals surface area (Å²) >= 11 is 0. The third-order valence-electron chi connectivity index (χ3n) is 3.20. The van der Waals surface area contributed by atoms with Gasteiger partial charge in [-0.25, -0.2) is 0 Å². The van der Waals surface area contributed by atoms with Gasteiger partial charge in [0.15, 0.2) is 0 Å². The third-order valence-corrected chi connectivity index (χ3v) is 3.20. The van der Waals surface area contributed by atoms with Gasteiger partial charge in [0.25, 0.3) is 0 Å². The molecule has 2 fully saturated rings. The topological polar surface area (TPSA) is 32.3 Å². The lowest BCUT2D eigenvalue weighted by atomic mass is 9.94. The molecule has 0 amide bonds. The van der Waals surface area contributed by atoms with Crippen LogP contribution in [0.4, 0.5) is 0 Å². The molecule has 0 atom stereocenters. The Morgan fingerprint density at radius 1 is 1.40 bits per heavy atom. The molecule has 0 aromatic carbocycles. The molecule has 0 radical (unpaired) electrons. The Hall–Kier alpha value is -0.0800. The van der Waals surface area contributed by atoms with Crippen LogP contribution in [-0.4, -0.2) is 17.4 Å². The van der Waals surface area contributed by atoms with E-state index in [2.05, 4.69) is 5.32 Å². The maximum atomic E-state index is 8.73. The summed E-state index contributed by atoms with van der Waals surface area (Å²) in [5, 5.41) is 11.9. The Balaban J connectivity index is 2.01. The second kappa shape index (κ2) is 2.21. The molecule has 0 aromatic heterocycles. The van der Waals surface area contributed by atoms with E-state index in [0.29, 0.717) is 5.54 Å². The van der Waals surface area contributed by atoms with Crippen LogP contribution in [-0.2, 0) is 0 Å². The zero-order chi connectivity index (χ0) is 7.03. The molecular weight excluding hydrogens is 126 g/mol. The fraction of sp³-hybridized carbons (Fsp3) is 1.00. The molecule has 2 bridgehead atoms. The van der Waals surface area contributed by atoms with Crippen molar-refractivity contribution < 1.29 is 5.11 Å². The van der Waals surface area contributed by atoms with Crippen LogP contribution < -0.4 is 5.32 Å². The highest BCUT2D eigenvalue weighted by Gasteiger charge is 2.43. The van der Waals surface area contributed by atoms with Crippen molar-refractivity contribution in [1.82, 2.24) is 5.32 Å². The summed E-state index contributed by atoms with van der Waals surface area (Å²) < 4.78 is 0. The van der Waals surface area contributed by atoms with Gasteiger partial charge >= 0.3 is 0 Å². The molecule has 0 unspecified atom stereocenters. The minimum atomic E-state index is 0.159. The van der Waals surface area contributed by atoms with Crippen molar-refractivity contribution in [2.24, 2.45) is 5.92 Å². The second-order valence-electron chi connectivity index (χ2n) is 3.76. The second-order valence-corrected chi connectivity index (χ2v) is 3.76. The normalized spacial score (nSPS) is 44.7. The Morgan fingerprint density at radius 2 is 2.10 bits per heavy atom. The molecule has 0 spiro atoms. The van der Waals surface area contributed by atoms with Crippen LogP contribution in [0.1, 0.15) is 32.1 Å². The molecule has 10 heavy (non-hydrogen) atoms. The molecular formula is C8H15NO. The van der Waals surface area contributed by atoms with Crippen molar-refractivity contribution in [3.63, 3.8) is 0 Å². The van der Waals surface area contributed by atoms with Gasteiger partial charge in [-0.15, -0.1) is 0 Å². The molecule has 2 aliphatic carbocycles. The fourth-order valence-electron chi connectivity index (χ4n) is 2.61. The number of aliphatic hydroxyl groups is 1. The van der Waals surface area contributed by atoms with Crippen molar-refractivity contribution in [2.75, 3.05) is 6.73 Å². The molecule has 0 heterocycles. The van der Waals surface area contributed by atoms with E-state index in [9.17, 15) is 0 Å². The Labute approximate surface area is 61.6 Å². The standard InChI is InChI=1S/C8H15NO/c10-6-9-8-3-1-7(5-8)2-4-8/h7,9-10H,1-6H2. The molecule has 0 saturated heterocycles. The summed E-state index contributed by atoms with van der Waals surface area (Å²) in [6, 6.07) is 0. The largest absolute Gasteiger partial charge is 0.381 e. The molecule has 58 valence electrons. The van der Waals surface area contributed by atoms with Gasteiger partial charge in [0.05, 0.1) is 6.73 Å². The number of fused-ring (bicyclic) bond motifs is 2. The van der Waals surface area contributed by atoms with Gasteiger partial charge in [0, 0.05) is 5.54 Å². The van der Waals surface area contributed by atoms with E-state index >= 15 is 0 Å². The van der Waals surface area contributed by atoms with Crippen molar-refractivity contribution in [2.45, 2.75) is 37.6 Å². The van der Waals surface area contributed by atoms with Crippen molar-refractivity contribution in [3.8, 4) is 0 Å². The van der Waals surface area contributed by atoms with Crippen LogP contribution in [0.15, 0.2) is 0 Å². The van der Waals surface area contributed by atoms with Crippen LogP contribution in [0.3, 0.4) is 0 Å². The predicted octanol–water partition coefficient (Wildman–Crippen LogP) is 0.859. The lowest BCUT2D eigenvalue weighted by molar-refractivity contribution is 0.193. The summed E-state index contributed by atoms with van der Waals surface area (Å²) in [7, 11) is 0. The molecule has 2 rings (SSSR count). The zero-order valence-corrected chi connectivity index (χ0v) is 6.27. The van der Waals surface area contributed by atoms with Gasteiger partial charge in [-0.1, -0.05) is 0 Å². The van der Waals surface area contributed by atoms with Gasteiger partial charge < -0.3 is 5.11 Å². The Morgan fingerprint density at radius 3 is 2.50 bits per heavy atom. The van der Waals surface area contributed by atoms with E-state index in [4.69, 9.17) is 5.11 Å². The number of rotatable bonds is 2. The zero-order valence-electron chi connectivity index (χ0n) is 6.27. The summed E-state index contributed by atoms with van der Waals surface area (Å²) in [6.07, 6.45) is 6.66. The minimum absolute atomic E-state index is 0.159. The highest BCUT2D eigenvalue weighted by Crippen LogP contribution is 2.47. The molecule has 2 N–H and O–H groups in total. The fourth-order valence-corrected chi connectivity index (χ4v) is 2.61. The Kier molecular flexibility index (Phi) is 1.46. The third kappa shape index (κ3) is 0.867. The van der Waals surface area contributed by atoms with E-state index in [1.807, 2.05) is 0 Å². The molecule has 2 saturated carbocycles. The van der Waals surface area contributed by atoms with Crippen LogP contribution in [0.2, 0.25) is 0 Å². The molecule has 2 heteroatoms. The smallest absolute Gasteiger partial charge is 0.0935 e. The van der Waals surface area contributed by atoms with Gasteiger partial charge in [-0.2, -0.15) is 0 Å². The first-order chi connectivity index (χ1) is 4.85. The van der Waals surface area contributed by atoms with E-state index in [1.165, 1.54) is 32.1 Å². The van der Waals surface area contributed by atoms with Crippen molar-refractivity contribution >= 4 is 0 Å². The van der Waals surface area contributed by atoms with Crippen molar-refractivity contribution in [3.05, 3.63) is 0 Å². The lowest BCUT2D eigenvalue weighted by Gasteiger charge is -2.26. The lowest BCUT2D eigenvalue weighted by Crippen LogP contribution is -2.41. The predicted molar refractivity (Wildman–Crippen MR) is 39.5 cm³/mol. The maximum Gasteiger partial charge on any atom is 0.0935 e. The Bertz CT molecular complexity index is 127. The minimum Gasteiger partial charge on any atom is -0.381 e. The number of aliphatic hydroxyl groups excluding tert-OH is 1. The molecule has 0 aromatic rings. The first kappa shape index (κ1) is 6.62. The van der Waals surface area contributed by atoms with E-state index < -0.39 is 0 Å². The number of hydrogen-bond donors (Lipinski definition) is 2. The molecule has 2 nitrogen and oxygen atoms in total. The first-order valence-corrected chi connectivity index (χ1v) is 4.21. The first-order valence-electron chi connectivity index (χ1n) is 4.21. The summed E-state index contributed by atoms with van der Waals surface area (Å²) in [6.45, 7) is 0.159. The summed E-state index contributed by atoms with van der Waals surface area (Å²) in [5.74, 6) is 0.971. The van der Waals surface area contributed by atoms with Gasteiger partial charge in [-0.05, 0) is 38.0 Å². The molecule has 0 aliphatic heterocycles. The maximum absolute atomic E-state index is 8.73. The van der Waals surface area contributed by atoms with Crippen LogP contribution >= 0.6 is 0 Å². The quantitative estimate of drug-likeness (QED) is 0.559. The number of hydrogen-bond acceptors (Lipinski definition) is 2. The highest BCUT2D eigenvalue weighted by atomic mass is 16.3. The average molecular weight is 141 g/mol. The van der Waals surface area contributed by atoms with E-state index in [1.54, 1.807) is 0 Å². The van der Waals surface area contributed by atoms with Gasteiger partial charge in [-0.3, -0.25) is 5.32 Å². The van der Waals surface area contributed by atoms with E-state index in [-0.39, 0.29) is 6.73 Å². The summed E-state index contributed by atoms with van der Waals surface area (Å²) in [5.41, 5.74) is 0.361. The van der Waals surface area contributed by atoms with E-state index in [0.717, 1.165) is 5.92 Å². The monoisotopic (exact) mass is 141 g/mol. The van der Waals surface area contributed by atoms with Gasteiger partial charge in [0.1, 0.15) is 0 Å². The van der Waals surface area contributed by atoms with Crippen LogP contribution in [0, 0.1) is 5.92 Å². The number of nitrogens with one attached hydrogen (secondary N) is 1. The highest BCUT2D eigenvalue weighted by molar-refractivity contribution is 5.01. The van der Waals surface area contributed by atoms with Gasteiger partial charge in [0.2, 0.25) is 0 Å². The molecule has 2 aliphatic rings. The average Bonchev–Trinajstić information content (AvgIpc) is 2.46.